The van der Waals surface area contributed by atoms with Crippen molar-refractivity contribution in [1.82, 2.24) is 0 Å². The topological polar surface area (TPSA) is 40.5 Å². The van der Waals surface area contributed by atoms with Crippen LogP contribution in [0.3, 0.4) is 0 Å². The van der Waals surface area contributed by atoms with Gasteiger partial charge in [-0.1, -0.05) is 6.92 Å². The molecule has 0 spiro atoms. The van der Waals surface area contributed by atoms with Gasteiger partial charge in [0.05, 0.1) is 6.10 Å². The molecule has 11 heavy (non-hydrogen) atoms. The van der Waals surface area contributed by atoms with Crippen LogP contribution in [-0.2, 0) is 0 Å². The molecule has 0 heterocycles. The van der Waals surface area contributed by atoms with Crippen LogP contribution in [0.1, 0.15) is 39.0 Å². The monoisotopic (exact) mass is 158 g/mol. The van der Waals surface area contributed by atoms with Gasteiger partial charge < -0.3 is 10.2 Å². The molecule has 1 aliphatic rings. The molecule has 2 N–H and O–H groups in total. The molecule has 2 heteroatoms. The third-order valence-corrected chi connectivity index (χ3v) is 3.10. The van der Waals surface area contributed by atoms with Gasteiger partial charge in [-0.05, 0) is 37.5 Å². The first-order chi connectivity index (χ1) is 5.22. The van der Waals surface area contributed by atoms with Crippen LogP contribution in [0.25, 0.3) is 0 Å². The van der Waals surface area contributed by atoms with Gasteiger partial charge in [0.25, 0.3) is 0 Å². The molecule has 0 atom stereocenters. The maximum atomic E-state index is 9.25. The lowest BCUT2D eigenvalue weighted by Gasteiger charge is -2.36. The molecule has 66 valence electrons. The fourth-order valence-corrected chi connectivity index (χ4v) is 1.84. The molecule has 0 aromatic rings. The van der Waals surface area contributed by atoms with Crippen molar-refractivity contribution in [1.29, 1.82) is 0 Å². The SMILES string of the molecule is CCC1(CO)CCC(O)CC1. The molecule has 0 aliphatic heterocycles. The van der Waals surface area contributed by atoms with E-state index >= 15 is 0 Å². The molecular formula is C9H18O2. The Hall–Kier alpha value is -0.0800. The Balaban J connectivity index is 2.45. The van der Waals surface area contributed by atoms with E-state index < -0.39 is 0 Å². The highest BCUT2D eigenvalue weighted by Crippen LogP contribution is 2.38. The average Bonchev–Trinajstić information content (AvgIpc) is 2.07. The summed E-state index contributed by atoms with van der Waals surface area (Å²) >= 11 is 0. The van der Waals surface area contributed by atoms with E-state index in [9.17, 15) is 5.11 Å². The maximum absolute atomic E-state index is 9.25. The molecular weight excluding hydrogens is 140 g/mol. The van der Waals surface area contributed by atoms with Crippen LogP contribution in [-0.4, -0.2) is 22.9 Å². The van der Waals surface area contributed by atoms with Crippen molar-refractivity contribution in [3.8, 4) is 0 Å². The van der Waals surface area contributed by atoms with Gasteiger partial charge in [0.15, 0.2) is 0 Å². The summed E-state index contributed by atoms with van der Waals surface area (Å²) in [6.45, 7) is 2.41. The number of aliphatic hydroxyl groups is 2. The van der Waals surface area contributed by atoms with Gasteiger partial charge in [-0.15, -0.1) is 0 Å². The molecule has 0 saturated heterocycles. The molecule has 0 aromatic heterocycles. The minimum absolute atomic E-state index is 0.110. The van der Waals surface area contributed by atoms with Crippen LogP contribution in [0.2, 0.25) is 0 Å². The molecule has 0 radical (unpaired) electrons. The van der Waals surface area contributed by atoms with E-state index in [1.165, 1.54) is 0 Å². The molecule has 2 nitrogen and oxygen atoms in total. The highest BCUT2D eigenvalue weighted by molar-refractivity contribution is 4.83. The molecule has 1 saturated carbocycles. The number of aliphatic hydroxyl groups excluding tert-OH is 2. The fourth-order valence-electron chi connectivity index (χ4n) is 1.84. The Bertz CT molecular complexity index is 109. The van der Waals surface area contributed by atoms with E-state index in [1.54, 1.807) is 0 Å². The van der Waals surface area contributed by atoms with Crippen molar-refractivity contribution >= 4 is 0 Å². The summed E-state index contributed by atoms with van der Waals surface area (Å²) < 4.78 is 0. The summed E-state index contributed by atoms with van der Waals surface area (Å²) in [7, 11) is 0. The van der Waals surface area contributed by atoms with Gasteiger partial charge in [-0.3, -0.25) is 0 Å². The van der Waals surface area contributed by atoms with Crippen molar-refractivity contribution in [2.24, 2.45) is 5.41 Å². The predicted molar refractivity (Wildman–Crippen MR) is 44.3 cm³/mol. The minimum atomic E-state index is -0.110. The summed E-state index contributed by atoms with van der Waals surface area (Å²) in [6.07, 6.45) is 4.64. The van der Waals surface area contributed by atoms with E-state index in [1.807, 2.05) is 0 Å². The third-order valence-electron chi connectivity index (χ3n) is 3.10. The van der Waals surface area contributed by atoms with Crippen molar-refractivity contribution in [2.45, 2.75) is 45.1 Å². The molecule has 0 bridgehead atoms. The largest absolute Gasteiger partial charge is 0.396 e. The van der Waals surface area contributed by atoms with Crippen LogP contribution in [0.15, 0.2) is 0 Å². The summed E-state index contributed by atoms with van der Waals surface area (Å²) in [5, 5.41) is 18.4. The first-order valence-electron chi connectivity index (χ1n) is 4.51. The Morgan fingerprint density at radius 1 is 1.36 bits per heavy atom. The standard InChI is InChI=1S/C9H18O2/c1-2-9(7-10)5-3-8(11)4-6-9/h8,10-11H,2-7H2,1H3. The van der Waals surface area contributed by atoms with Crippen molar-refractivity contribution in [3.63, 3.8) is 0 Å². The first-order valence-corrected chi connectivity index (χ1v) is 4.51. The van der Waals surface area contributed by atoms with Crippen molar-refractivity contribution < 1.29 is 10.2 Å². The highest BCUT2D eigenvalue weighted by Gasteiger charge is 2.32. The van der Waals surface area contributed by atoms with Crippen molar-refractivity contribution in [2.75, 3.05) is 6.61 Å². The van der Waals surface area contributed by atoms with Crippen LogP contribution in [0.5, 0.6) is 0 Å². The van der Waals surface area contributed by atoms with Crippen molar-refractivity contribution in [3.05, 3.63) is 0 Å². The number of hydrogen-bond donors (Lipinski definition) is 2. The zero-order valence-corrected chi connectivity index (χ0v) is 7.21. The van der Waals surface area contributed by atoms with E-state index in [-0.39, 0.29) is 18.1 Å². The second-order valence-corrected chi connectivity index (χ2v) is 3.74. The van der Waals surface area contributed by atoms with E-state index in [4.69, 9.17) is 5.11 Å². The minimum Gasteiger partial charge on any atom is -0.396 e. The Morgan fingerprint density at radius 2 is 1.91 bits per heavy atom. The zero-order chi connectivity index (χ0) is 8.32. The van der Waals surface area contributed by atoms with Gasteiger partial charge in [-0.25, -0.2) is 0 Å². The van der Waals surface area contributed by atoms with Gasteiger partial charge in [0.1, 0.15) is 0 Å². The van der Waals surface area contributed by atoms with Crippen LogP contribution in [0.4, 0.5) is 0 Å². The smallest absolute Gasteiger partial charge is 0.0540 e. The van der Waals surface area contributed by atoms with E-state index in [0.29, 0.717) is 0 Å². The number of hydrogen-bond acceptors (Lipinski definition) is 2. The lowest BCUT2D eigenvalue weighted by molar-refractivity contribution is 0.0217. The molecule has 1 fully saturated rings. The first kappa shape index (κ1) is 9.01. The van der Waals surface area contributed by atoms with Crippen LogP contribution >= 0.6 is 0 Å². The van der Waals surface area contributed by atoms with Crippen LogP contribution < -0.4 is 0 Å². The molecule has 1 aliphatic carbocycles. The van der Waals surface area contributed by atoms with Gasteiger partial charge >= 0.3 is 0 Å². The number of rotatable bonds is 2. The molecule has 1 rings (SSSR count). The maximum Gasteiger partial charge on any atom is 0.0540 e. The summed E-state index contributed by atoms with van der Waals surface area (Å²) in [5.74, 6) is 0. The Labute approximate surface area is 68.2 Å². The van der Waals surface area contributed by atoms with E-state index in [2.05, 4.69) is 6.92 Å². The lowest BCUT2D eigenvalue weighted by Crippen LogP contribution is -2.32. The quantitative estimate of drug-likeness (QED) is 0.636. The molecule has 0 unspecified atom stereocenters. The predicted octanol–water partition coefficient (Wildman–Crippen LogP) is 1.31. The van der Waals surface area contributed by atoms with Gasteiger partial charge in [0, 0.05) is 6.61 Å². The zero-order valence-electron chi connectivity index (χ0n) is 7.21. The second kappa shape index (κ2) is 3.55. The molecule has 0 amide bonds. The fraction of sp³-hybridized carbons (Fsp3) is 1.00. The van der Waals surface area contributed by atoms with E-state index in [0.717, 1.165) is 32.1 Å². The third kappa shape index (κ3) is 1.94. The van der Waals surface area contributed by atoms with Gasteiger partial charge in [-0.2, -0.15) is 0 Å². The summed E-state index contributed by atoms with van der Waals surface area (Å²) in [4.78, 5) is 0. The average molecular weight is 158 g/mol. The lowest BCUT2D eigenvalue weighted by atomic mass is 9.72. The summed E-state index contributed by atoms with van der Waals surface area (Å²) in [6, 6.07) is 0. The Morgan fingerprint density at radius 3 is 2.27 bits per heavy atom. The van der Waals surface area contributed by atoms with Gasteiger partial charge in [0.2, 0.25) is 0 Å². The summed E-state index contributed by atoms with van der Waals surface area (Å²) in [5.41, 5.74) is 0.138. The highest BCUT2D eigenvalue weighted by atomic mass is 16.3. The second-order valence-electron chi connectivity index (χ2n) is 3.74. The Kier molecular flexibility index (Phi) is 2.90. The normalized spacial score (nSPS) is 39.0. The molecule has 0 aromatic carbocycles. The van der Waals surface area contributed by atoms with Crippen LogP contribution in [0, 0.1) is 5.41 Å².